The van der Waals surface area contributed by atoms with Gasteiger partial charge in [0, 0.05) is 34.1 Å². The fraction of sp³-hybridized carbons (Fsp3) is 0.278. The van der Waals surface area contributed by atoms with Crippen LogP contribution in [0.4, 0.5) is 5.13 Å². The van der Waals surface area contributed by atoms with Crippen LogP contribution in [0.5, 0.6) is 0 Å². The first-order valence-electron chi connectivity index (χ1n) is 8.02. The second kappa shape index (κ2) is 7.48. The molecular weight excluding hydrogens is 336 g/mol. The Morgan fingerprint density at radius 2 is 2.24 bits per heavy atom. The Balaban J connectivity index is 1.78. The average Bonchev–Trinajstić information content (AvgIpc) is 3.17. The van der Waals surface area contributed by atoms with Crippen molar-refractivity contribution in [3.05, 3.63) is 46.6 Å². The van der Waals surface area contributed by atoms with E-state index in [4.69, 9.17) is 0 Å². The molecule has 0 radical (unpaired) electrons. The second-order valence-corrected chi connectivity index (χ2v) is 6.39. The number of hydrazone groups is 1. The van der Waals surface area contributed by atoms with E-state index in [2.05, 4.69) is 50.8 Å². The number of fused-ring (bicyclic) bond motifs is 1. The summed E-state index contributed by atoms with van der Waals surface area (Å²) in [5.74, 6) is -0.302. The van der Waals surface area contributed by atoms with Crippen LogP contribution in [-0.4, -0.2) is 28.8 Å². The number of carbonyl (C=O) groups excluding carboxylic acids is 1. The molecule has 0 aliphatic carbocycles. The van der Waals surface area contributed by atoms with Gasteiger partial charge in [0.2, 0.25) is 5.13 Å². The van der Waals surface area contributed by atoms with Gasteiger partial charge in [-0.3, -0.25) is 10.2 Å². The number of hydrogen-bond acceptors (Lipinski definition) is 6. The topological polar surface area (TPSA) is 68.5 Å². The van der Waals surface area contributed by atoms with Crippen LogP contribution in [-0.2, 0) is 22.5 Å². The quantitative estimate of drug-likeness (QED) is 0.416. The normalized spacial score (nSPS) is 11.3. The van der Waals surface area contributed by atoms with Crippen molar-refractivity contribution in [3.63, 3.8) is 0 Å². The molecule has 0 amide bonds. The van der Waals surface area contributed by atoms with E-state index < -0.39 is 0 Å². The number of ether oxygens (including phenoxy) is 1. The number of para-hydroxylation sites is 1. The lowest BCUT2D eigenvalue weighted by molar-refractivity contribution is -0.139. The lowest BCUT2D eigenvalue weighted by Crippen LogP contribution is -2.04. The molecule has 0 saturated heterocycles. The molecule has 0 atom stereocenters. The highest BCUT2D eigenvalue weighted by molar-refractivity contribution is 7.13. The van der Waals surface area contributed by atoms with Crippen LogP contribution in [0.2, 0.25) is 0 Å². The lowest BCUT2D eigenvalue weighted by atomic mass is 10.1. The summed E-state index contributed by atoms with van der Waals surface area (Å²) >= 11 is 1.41. The van der Waals surface area contributed by atoms with Gasteiger partial charge < -0.3 is 9.30 Å². The standard InChI is InChI=1S/C18H20N4O2S/c1-4-22-12(2)15(14-7-5-6-8-16(14)22)10-19-21-18-20-13(11-25-18)9-17(23)24-3/h5-8,10-11H,4,9H2,1-3H3,(H,20,21)/b19-10-. The highest BCUT2D eigenvalue weighted by Gasteiger charge is 2.11. The van der Waals surface area contributed by atoms with Crippen molar-refractivity contribution >= 4 is 39.6 Å². The zero-order chi connectivity index (χ0) is 17.8. The van der Waals surface area contributed by atoms with E-state index in [9.17, 15) is 4.79 Å². The van der Waals surface area contributed by atoms with Gasteiger partial charge in [-0.25, -0.2) is 4.98 Å². The molecule has 3 aromatic rings. The molecule has 0 unspecified atom stereocenters. The molecule has 0 spiro atoms. The van der Waals surface area contributed by atoms with Crippen molar-refractivity contribution in [1.82, 2.24) is 9.55 Å². The first-order chi connectivity index (χ1) is 12.1. The summed E-state index contributed by atoms with van der Waals surface area (Å²) in [4.78, 5) is 15.6. The first-order valence-corrected chi connectivity index (χ1v) is 8.90. The fourth-order valence-electron chi connectivity index (χ4n) is 2.84. The van der Waals surface area contributed by atoms with Crippen LogP contribution in [0.25, 0.3) is 10.9 Å². The molecule has 130 valence electrons. The molecule has 2 aromatic heterocycles. The summed E-state index contributed by atoms with van der Waals surface area (Å²) in [5, 5.41) is 7.97. The van der Waals surface area contributed by atoms with Crippen LogP contribution in [0.3, 0.4) is 0 Å². The molecule has 6 nitrogen and oxygen atoms in total. The minimum atomic E-state index is -0.302. The van der Waals surface area contributed by atoms with Gasteiger partial charge in [0.1, 0.15) is 0 Å². The highest BCUT2D eigenvalue weighted by Crippen LogP contribution is 2.24. The monoisotopic (exact) mass is 356 g/mol. The molecule has 0 saturated carbocycles. The summed E-state index contributed by atoms with van der Waals surface area (Å²) in [5.41, 5.74) is 7.09. The minimum absolute atomic E-state index is 0.168. The smallest absolute Gasteiger partial charge is 0.311 e. The second-order valence-electron chi connectivity index (χ2n) is 5.53. The van der Waals surface area contributed by atoms with Gasteiger partial charge in [0.15, 0.2) is 0 Å². The maximum Gasteiger partial charge on any atom is 0.311 e. The summed E-state index contributed by atoms with van der Waals surface area (Å²) in [6, 6.07) is 8.31. The van der Waals surface area contributed by atoms with Gasteiger partial charge in [-0.1, -0.05) is 18.2 Å². The van der Waals surface area contributed by atoms with Gasteiger partial charge in [-0.2, -0.15) is 5.10 Å². The lowest BCUT2D eigenvalue weighted by Gasteiger charge is -2.03. The van der Waals surface area contributed by atoms with Crippen molar-refractivity contribution < 1.29 is 9.53 Å². The number of nitrogens with one attached hydrogen (secondary N) is 1. The zero-order valence-corrected chi connectivity index (χ0v) is 15.3. The molecule has 0 aliphatic rings. The minimum Gasteiger partial charge on any atom is -0.469 e. The third-order valence-corrected chi connectivity index (χ3v) is 4.85. The van der Waals surface area contributed by atoms with Gasteiger partial charge in [-0.15, -0.1) is 11.3 Å². The molecule has 2 heterocycles. The van der Waals surface area contributed by atoms with Crippen LogP contribution in [0.1, 0.15) is 23.9 Å². The van der Waals surface area contributed by atoms with Crippen molar-refractivity contribution in [2.45, 2.75) is 26.8 Å². The van der Waals surface area contributed by atoms with Crippen LogP contribution < -0.4 is 5.43 Å². The van der Waals surface area contributed by atoms with Gasteiger partial charge in [-0.05, 0) is 19.9 Å². The van der Waals surface area contributed by atoms with E-state index in [0.717, 1.165) is 12.1 Å². The molecule has 1 N–H and O–H groups in total. The number of anilines is 1. The Morgan fingerprint density at radius 3 is 3.00 bits per heavy atom. The maximum atomic E-state index is 11.3. The summed E-state index contributed by atoms with van der Waals surface area (Å²) in [6.07, 6.45) is 1.99. The predicted octanol–water partition coefficient (Wildman–Crippen LogP) is 3.59. The van der Waals surface area contributed by atoms with E-state index in [-0.39, 0.29) is 12.4 Å². The van der Waals surface area contributed by atoms with Crippen molar-refractivity contribution in [2.75, 3.05) is 12.5 Å². The van der Waals surface area contributed by atoms with Crippen molar-refractivity contribution in [2.24, 2.45) is 5.10 Å². The number of esters is 1. The van der Waals surface area contributed by atoms with E-state index in [0.29, 0.717) is 10.8 Å². The molecule has 0 aliphatic heterocycles. The number of benzene rings is 1. The number of rotatable bonds is 6. The Kier molecular flexibility index (Phi) is 5.14. The molecular formula is C18H20N4O2S. The van der Waals surface area contributed by atoms with Gasteiger partial charge in [0.05, 0.1) is 25.4 Å². The highest BCUT2D eigenvalue weighted by atomic mass is 32.1. The first kappa shape index (κ1) is 17.2. The van der Waals surface area contributed by atoms with Crippen molar-refractivity contribution in [1.29, 1.82) is 0 Å². The predicted molar refractivity (Wildman–Crippen MR) is 101 cm³/mol. The molecule has 25 heavy (non-hydrogen) atoms. The van der Waals surface area contributed by atoms with Gasteiger partial charge >= 0.3 is 5.97 Å². The van der Waals surface area contributed by atoms with E-state index >= 15 is 0 Å². The third-order valence-electron chi connectivity index (χ3n) is 4.05. The number of carbonyl (C=O) groups is 1. The molecule has 1 aromatic carbocycles. The van der Waals surface area contributed by atoms with E-state index in [1.807, 2.05) is 23.7 Å². The number of methoxy groups -OCH3 is 1. The van der Waals surface area contributed by atoms with E-state index in [1.165, 1.54) is 35.0 Å². The largest absolute Gasteiger partial charge is 0.469 e. The number of thiazole rings is 1. The third kappa shape index (κ3) is 3.56. The average molecular weight is 356 g/mol. The van der Waals surface area contributed by atoms with Gasteiger partial charge in [0.25, 0.3) is 0 Å². The Labute approximate surface area is 150 Å². The SMILES string of the molecule is CCn1c(C)c(/C=N\Nc2nc(CC(=O)OC)cs2)c2ccccc21. The van der Waals surface area contributed by atoms with Crippen LogP contribution in [0.15, 0.2) is 34.7 Å². The summed E-state index contributed by atoms with van der Waals surface area (Å²) in [6.45, 7) is 5.15. The molecule has 0 fully saturated rings. The molecule has 0 bridgehead atoms. The van der Waals surface area contributed by atoms with E-state index in [1.54, 1.807) is 0 Å². The number of aromatic nitrogens is 2. The number of hydrogen-bond donors (Lipinski definition) is 1. The molecule has 3 rings (SSSR count). The fourth-order valence-corrected chi connectivity index (χ4v) is 3.50. The molecule has 7 heteroatoms. The number of nitrogens with zero attached hydrogens (tertiary/aromatic N) is 3. The van der Waals surface area contributed by atoms with Crippen LogP contribution in [0, 0.1) is 6.92 Å². The number of aryl methyl sites for hydroxylation is 1. The summed E-state index contributed by atoms with van der Waals surface area (Å²) in [7, 11) is 1.37. The Hall–Kier alpha value is -2.67. The zero-order valence-electron chi connectivity index (χ0n) is 14.4. The maximum absolute atomic E-state index is 11.3. The van der Waals surface area contributed by atoms with Crippen molar-refractivity contribution in [3.8, 4) is 0 Å². The summed E-state index contributed by atoms with van der Waals surface area (Å²) < 4.78 is 6.92. The Morgan fingerprint density at radius 1 is 1.44 bits per heavy atom. The van der Waals surface area contributed by atoms with Crippen LogP contribution >= 0.6 is 11.3 Å². The Bertz CT molecular complexity index is 926.